The summed E-state index contributed by atoms with van der Waals surface area (Å²) in [7, 11) is 0. The lowest BCUT2D eigenvalue weighted by atomic mass is 10.0. The highest BCUT2D eigenvalue weighted by atomic mass is 19.1. The fourth-order valence-corrected chi connectivity index (χ4v) is 3.42. The second-order valence-corrected chi connectivity index (χ2v) is 7.12. The summed E-state index contributed by atoms with van der Waals surface area (Å²) in [6.07, 6.45) is 10.2. The SMILES string of the molecule is N#Cc1ccc(-c2cnn(CC(F)C3CC3)c2)c(-c2ccn3ccnc3c2)n1. The third-order valence-corrected chi connectivity index (χ3v) is 5.12. The van der Waals surface area contributed by atoms with Crippen molar-refractivity contribution in [2.45, 2.75) is 25.6 Å². The van der Waals surface area contributed by atoms with Gasteiger partial charge < -0.3 is 4.40 Å². The quantitative estimate of drug-likeness (QED) is 0.533. The maximum Gasteiger partial charge on any atom is 0.141 e. The van der Waals surface area contributed by atoms with Crippen molar-refractivity contribution in [3.8, 4) is 28.5 Å². The molecule has 1 saturated carbocycles. The van der Waals surface area contributed by atoms with Gasteiger partial charge in [-0.15, -0.1) is 0 Å². The Labute approximate surface area is 160 Å². The molecule has 5 rings (SSSR count). The van der Waals surface area contributed by atoms with Crippen molar-refractivity contribution in [2.24, 2.45) is 5.92 Å². The molecule has 6 nitrogen and oxygen atoms in total. The van der Waals surface area contributed by atoms with Crippen LogP contribution >= 0.6 is 0 Å². The fraction of sp³-hybridized carbons (Fsp3) is 0.238. The molecule has 0 radical (unpaired) electrons. The lowest BCUT2D eigenvalue weighted by molar-refractivity contribution is 0.254. The third kappa shape index (κ3) is 3.03. The van der Waals surface area contributed by atoms with Crippen LogP contribution in [0.25, 0.3) is 28.0 Å². The van der Waals surface area contributed by atoms with Gasteiger partial charge in [-0.05, 0) is 43.0 Å². The van der Waals surface area contributed by atoms with Crippen LogP contribution in [-0.2, 0) is 6.54 Å². The van der Waals surface area contributed by atoms with Crippen LogP contribution in [0, 0.1) is 17.2 Å². The zero-order valence-corrected chi connectivity index (χ0v) is 15.0. The molecule has 0 saturated heterocycles. The molecule has 138 valence electrons. The summed E-state index contributed by atoms with van der Waals surface area (Å²) < 4.78 is 17.7. The van der Waals surface area contributed by atoms with E-state index < -0.39 is 6.17 Å². The van der Waals surface area contributed by atoms with Gasteiger partial charge in [-0.25, -0.2) is 14.4 Å². The summed E-state index contributed by atoms with van der Waals surface area (Å²) in [5.41, 5.74) is 4.38. The second kappa shape index (κ2) is 6.57. The molecule has 28 heavy (non-hydrogen) atoms. The molecule has 4 aromatic rings. The summed E-state index contributed by atoms with van der Waals surface area (Å²) in [5.74, 6) is 0.182. The Morgan fingerprint density at radius 2 is 2.11 bits per heavy atom. The Hall–Kier alpha value is -3.53. The molecule has 1 unspecified atom stereocenters. The number of alkyl halides is 1. The normalized spacial score (nSPS) is 14.9. The highest BCUT2D eigenvalue weighted by Crippen LogP contribution is 2.35. The van der Waals surface area contributed by atoms with Crippen molar-refractivity contribution in [2.75, 3.05) is 0 Å². The average molecular weight is 372 g/mol. The van der Waals surface area contributed by atoms with Crippen molar-refractivity contribution in [3.05, 3.63) is 60.9 Å². The number of rotatable bonds is 5. The highest BCUT2D eigenvalue weighted by molar-refractivity contribution is 5.81. The van der Waals surface area contributed by atoms with Crippen LogP contribution in [0.4, 0.5) is 4.39 Å². The van der Waals surface area contributed by atoms with Crippen LogP contribution in [-0.4, -0.2) is 30.3 Å². The number of imidazole rings is 1. The minimum absolute atomic E-state index is 0.182. The van der Waals surface area contributed by atoms with E-state index in [1.165, 1.54) is 0 Å². The maximum absolute atomic E-state index is 14.1. The number of hydrogen-bond donors (Lipinski definition) is 0. The lowest BCUT2D eigenvalue weighted by Gasteiger charge is -2.09. The molecule has 1 aliphatic carbocycles. The zero-order chi connectivity index (χ0) is 19.1. The van der Waals surface area contributed by atoms with E-state index in [0.29, 0.717) is 11.4 Å². The number of nitrogens with zero attached hydrogens (tertiary/aromatic N) is 6. The number of nitriles is 1. The number of aromatic nitrogens is 5. The molecular weight excluding hydrogens is 355 g/mol. The minimum atomic E-state index is -0.853. The number of pyridine rings is 2. The molecule has 0 aromatic carbocycles. The van der Waals surface area contributed by atoms with Gasteiger partial charge in [0.2, 0.25) is 0 Å². The third-order valence-electron chi connectivity index (χ3n) is 5.12. The first-order valence-electron chi connectivity index (χ1n) is 9.22. The molecule has 1 fully saturated rings. The van der Waals surface area contributed by atoms with Gasteiger partial charge in [-0.2, -0.15) is 10.4 Å². The first-order valence-corrected chi connectivity index (χ1v) is 9.22. The van der Waals surface area contributed by atoms with Gasteiger partial charge in [0.25, 0.3) is 0 Å². The van der Waals surface area contributed by atoms with Gasteiger partial charge in [-0.3, -0.25) is 4.68 Å². The Kier molecular flexibility index (Phi) is 3.90. The van der Waals surface area contributed by atoms with E-state index in [-0.39, 0.29) is 12.5 Å². The van der Waals surface area contributed by atoms with E-state index in [0.717, 1.165) is 35.2 Å². The highest BCUT2D eigenvalue weighted by Gasteiger charge is 2.31. The molecule has 0 spiro atoms. The lowest BCUT2D eigenvalue weighted by Crippen LogP contribution is -2.13. The Balaban J connectivity index is 1.56. The largest absolute Gasteiger partial charge is 0.307 e. The molecule has 0 amide bonds. The smallest absolute Gasteiger partial charge is 0.141 e. The van der Waals surface area contributed by atoms with Gasteiger partial charge in [0.05, 0.1) is 18.4 Å². The van der Waals surface area contributed by atoms with Gasteiger partial charge >= 0.3 is 0 Å². The molecule has 0 N–H and O–H groups in total. The maximum atomic E-state index is 14.1. The van der Waals surface area contributed by atoms with Crippen LogP contribution in [0.3, 0.4) is 0 Å². The van der Waals surface area contributed by atoms with Crippen molar-refractivity contribution in [3.63, 3.8) is 0 Å². The van der Waals surface area contributed by atoms with Crippen LogP contribution in [0.2, 0.25) is 0 Å². The molecule has 1 aliphatic rings. The van der Waals surface area contributed by atoms with Crippen molar-refractivity contribution < 1.29 is 4.39 Å². The number of fused-ring (bicyclic) bond motifs is 1. The molecular formula is C21H17FN6. The molecule has 1 atom stereocenters. The number of hydrogen-bond acceptors (Lipinski definition) is 4. The van der Waals surface area contributed by atoms with E-state index >= 15 is 0 Å². The van der Waals surface area contributed by atoms with Crippen LogP contribution in [0.15, 0.2) is 55.2 Å². The second-order valence-electron chi connectivity index (χ2n) is 7.12. The summed E-state index contributed by atoms with van der Waals surface area (Å²) in [6, 6.07) is 9.52. The first kappa shape index (κ1) is 16.6. The van der Waals surface area contributed by atoms with E-state index in [9.17, 15) is 9.65 Å². The van der Waals surface area contributed by atoms with Gasteiger partial charge in [0.1, 0.15) is 23.6 Å². The Morgan fingerprint density at radius 3 is 2.93 bits per heavy atom. The van der Waals surface area contributed by atoms with E-state index in [2.05, 4.69) is 21.1 Å². The summed E-state index contributed by atoms with van der Waals surface area (Å²) in [5, 5.41) is 13.6. The Morgan fingerprint density at radius 1 is 1.21 bits per heavy atom. The summed E-state index contributed by atoms with van der Waals surface area (Å²) >= 11 is 0. The van der Waals surface area contributed by atoms with Crippen LogP contribution in [0.1, 0.15) is 18.5 Å². The monoisotopic (exact) mass is 372 g/mol. The summed E-state index contributed by atoms with van der Waals surface area (Å²) in [4.78, 5) is 8.85. The summed E-state index contributed by atoms with van der Waals surface area (Å²) in [6.45, 7) is 0.268. The molecule has 0 bridgehead atoms. The van der Waals surface area contributed by atoms with Gasteiger partial charge in [-0.1, -0.05) is 0 Å². The molecule has 0 aliphatic heterocycles. The van der Waals surface area contributed by atoms with Crippen molar-refractivity contribution in [1.82, 2.24) is 24.1 Å². The molecule has 4 aromatic heterocycles. The van der Waals surface area contributed by atoms with Crippen LogP contribution in [0.5, 0.6) is 0 Å². The first-order chi connectivity index (χ1) is 13.7. The predicted molar refractivity (Wildman–Crippen MR) is 102 cm³/mol. The van der Waals surface area contributed by atoms with E-state index in [4.69, 9.17) is 0 Å². The standard InChI is InChI=1S/C21H17FN6/c22-19(14-1-2-14)13-28-12-16(11-25-28)18-4-3-17(10-23)26-21(18)15-5-7-27-8-6-24-20(27)9-15/h3-9,11-12,14,19H,1-2,13H2. The van der Waals surface area contributed by atoms with E-state index in [1.54, 1.807) is 23.1 Å². The van der Waals surface area contributed by atoms with Crippen LogP contribution < -0.4 is 0 Å². The van der Waals surface area contributed by atoms with Crippen molar-refractivity contribution in [1.29, 1.82) is 5.26 Å². The van der Waals surface area contributed by atoms with Gasteiger partial charge in [0.15, 0.2) is 0 Å². The molecule has 7 heteroatoms. The minimum Gasteiger partial charge on any atom is -0.307 e. The number of halogens is 1. The Bertz CT molecular complexity index is 1200. The predicted octanol–water partition coefficient (Wildman–Crippen LogP) is 3.88. The zero-order valence-electron chi connectivity index (χ0n) is 15.0. The fourth-order valence-electron chi connectivity index (χ4n) is 3.42. The van der Waals surface area contributed by atoms with Gasteiger partial charge in [0, 0.05) is 41.5 Å². The van der Waals surface area contributed by atoms with E-state index in [1.807, 2.05) is 41.2 Å². The van der Waals surface area contributed by atoms with Crippen molar-refractivity contribution >= 4 is 5.65 Å². The average Bonchev–Trinajstić information content (AvgIpc) is 3.30. The molecule has 4 heterocycles. The topological polar surface area (TPSA) is 71.8 Å².